The van der Waals surface area contributed by atoms with E-state index in [2.05, 4.69) is 9.97 Å². The van der Waals surface area contributed by atoms with Gasteiger partial charge in [-0.15, -0.1) is 0 Å². The summed E-state index contributed by atoms with van der Waals surface area (Å²) in [4.78, 5) is 9.79. The first-order valence-corrected chi connectivity index (χ1v) is 9.98. The number of unbranched alkanes of at least 4 members (excludes halogenated alkanes) is 2. The van der Waals surface area contributed by atoms with Gasteiger partial charge in [-0.05, 0) is 31.9 Å². The number of anilines is 2. The standard InChI is InChI=1S/C21H28F3N3O2/c1-4-7-8-13-29-19-18(21(22,23)24)15-25-20(26-19)27(6-3)16-10-9-11-17(14-16)28-12-5-2/h9-11,14-15H,4-8,12-13H2,1-3H3. The highest BCUT2D eigenvalue weighted by Gasteiger charge is 2.36. The fraction of sp³-hybridized carbons (Fsp3) is 0.524. The largest absolute Gasteiger partial charge is 0.494 e. The normalized spacial score (nSPS) is 11.4. The summed E-state index contributed by atoms with van der Waals surface area (Å²) in [6.07, 6.45) is -0.416. The first kappa shape index (κ1) is 22.8. The zero-order valence-electron chi connectivity index (χ0n) is 17.1. The Morgan fingerprint density at radius 3 is 2.45 bits per heavy atom. The second-order valence-electron chi connectivity index (χ2n) is 6.53. The molecule has 0 aliphatic heterocycles. The average molecular weight is 411 g/mol. The molecule has 1 heterocycles. The van der Waals surface area contributed by atoms with E-state index >= 15 is 0 Å². The zero-order chi connectivity index (χ0) is 21.3. The quantitative estimate of drug-likeness (QED) is 0.424. The molecule has 1 aromatic heterocycles. The number of alkyl halides is 3. The van der Waals surface area contributed by atoms with Gasteiger partial charge in [0, 0.05) is 24.5 Å². The molecule has 0 N–H and O–H groups in total. The molecule has 29 heavy (non-hydrogen) atoms. The van der Waals surface area contributed by atoms with Gasteiger partial charge in [-0.2, -0.15) is 18.2 Å². The van der Waals surface area contributed by atoms with E-state index in [4.69, 9.17) is 9.47 Å². The maximum absolute atomic E-state index is 13.3. The molecule has 0 spiro atoms. The summed E-state index contributed by atoms with van der Waals surface area (Å²) in [5.74, 6) is 0.403. The minimum atomic E-state index is -4.58. The second kappa shape index (κ2) is 10.9. The number of hydrogen-bond donors (Lipinski definition) is 0. The van der Waals surface area contributed by atoms with Crippen molar-refractivity contribution in [2.75, 3.05) is 24.7 Å². The summed E-state index contributed by atoms with van der Waals surface area (Å²) in [6, 6.07) is 7.32. The first-order chi connectivity index (χ1) is 13.9. The van der Waals surface area contributed by atoms with Gasteiger partial charge < -0.3 is 14.4 Å². The van der Waals surface area contributed by atoms with Crippen molar-refractivity contribution in [1.29, 1.82) is 0 Å². The lowest BCUT2D eigenvalue weighted by Gasteiger charge is -2.23. The van der Waals surface area contributed by atoms with Gasteiger partial charge in [0.15, 0.2) is 0 Å². The Labute approximate surface area is 169 Å². The van der Waals surface area contributed by atoms with Crippen molar-refractivity contribution in [2.24, 2.45) is 0 Å². The maximum Gasteiger partial charge on any atom is 0.423 e. The molecule has 0 saturated heterocycles. The third-order valence-corrected chi connectivity index (χ3v) is 4.19. The van der Waals surface area contributed by atoms with Gasteiger partial charge >= 0.3 is 6.18 Å². The van der Waals surface area contributed by atoms with Gasteiger partial charge in [-0.1, -0.05) is 32.8 Å². The van der Waals surface area contributed by atoms with Crippen LogP contribution in [0, 0.1) is 0 Å². The van der Waals surface area contributed by atoms with Crippen LogP contribution in [0.4, 0.5) is 24.8 Å². The highest BCUT2D eigenvalue weighted by atomic mass is 19.4. The van der Waals surface area contributed by atoms with Crippen LogP contribution in [-0.2, 0) is 6.18 Å². The number of halogens is 3. The van der Waals surface area contributed by atoms with Crippen LogP contribution in [0.15, 0.2) is 30.5 Å². The average Bonchev–Trinajstić information content (AvgIpc) is 2.70. The van der Waals surface area contributed by atoms with E-state index in [1.165, 1.54) is 0 Å². The van der Waals surface area contributed by atoms with Crippen molar-refractivity contribution in [2.45, 2.75) is 52.6 Å². The highest BCUT2D eigenvalue weighted by Crippen LogP contribution is 2.36. The molecule has 0 atom stereocenters. The van der Waals surface area contributed by atoms with Crippen molar-refractivity contribution in [3.05, 3.63) is 36.0 Å². The zero-order valence-corrected chi connectivity index (χ0v) is 17.1. The Balaban J connectivity index is 2.33. The number of aromatic nitrogens is 2. The Bertz CT molecular complexity index is 769. The minimum absolute atomic E-state index is 0.152. The number of benzene rings is 1. The van der Waals surface area contributed by atoms with Crippen molar-refractivity contribution in [3.8, 4) is 11.6 Å². The van der Waals surface area contributed by atoms with Gasteiger partial charge in [-0.25, -0.2) is 4.98 Å². The number of nitrogens with zero attached hydrogens (tertiary/aromatic N) is 3. The van der Waals surface area contributed by atoms with Crippen LogP contribution in [-0.4, -0.2) is 29.7 Å². The Morgan fingerprint density at radius 1 is 1.00 bits per heavy atom. The third-order valence-electron chi connectivity index (χ3n) is 4.19. The fourth-order valence-electron chi connectivity index (χ4n) is 2.71. The lowest BCUT2D eigenvalue weighted by atomic mass is 10.2. The Hall–Kier alpha value is -2.51. The Morgan fingerprint density at radius 2 is 1.79 bits per heavy atom. The molecule has 0 unspecified atom stereocenters. The molecule has 8 heteroatoms. The summed E-state index contributed by atoms with van der Waals surface area (Å²) >= 11 is 0. The number of ether oxygens (including phenoxy) is 2. The topological polar surface area (TPSA) is 47.5 Å². The molecule has 5 nitrogen and oxygen atoms in total. The summed E-state index contributed by atoms with van der Waals surface area (Å²) in [6.45, 7) is 7.14. The summed E-state index contributed by atoms with van der Waals surface area (Å²) in [5.41, 5.74) is -0.230. The van der Waals surface area contributed by atoms with Gasteiger partial charge in [-0.3, -0.25) is 0 Å². The molecule has 0 amide bonds. The highest BCUT2D eigenvalue weighted by molar-refractivity contribution is 5.59. The van der Waals surface area contributed by atoms with E-state index < -0.39 is 17.6 Å². The van der Waals surface area contributed by atoms with Gasteiger partial charge in [0.1, 0.15) is 11.3 Å². The first-order valence-electron chi connectivity index (χ1n) is 9.98. The molecule has 160 valence electrons. The third kappa shape index (κ3) is 6.51. The van der Waals surface area contributed by atoms with Crippen molar-refractivity contribution < 1.29 is 22.6 Å². The van der Waals surface area contributed by atoms with Crippen LogP contribution in [0.25, 0.3) is 0 Å². The van der Waals surface area contributed by atoms with Crippen LogP contribution in [0.2, 0.25) is 0 Å². The van der Waals surface area contributed by atoms with E-state index in [1.807, 2.05) is 45.0 Å². The predicted octanol–water partition coefficient (Wildman–Crippen LogP) is 6.01. The molecule has 2 aromatic rings. The molecule has 0 radical (unpaired) electrons. The fourth-order valence-corrected chi connectivity index (χ4v) is 2.71. The molecular formula is C21H28F3N3O2. The van der Waals surface area contributed by atoms with Crippen LogP contribution < -0.4 is 14.4 Å². The number of rotatable bonds is 11. The van der Waals surface area contributed by atoms with Gasteiger partial charge in [0.05, 0.1) is 13.2 Å². The summed E-state index contributed by atoms with van der Waals surface area (Å²) < 4.78 is 51.1. The van der Waals surface area contributed by atoms with Crippen LogP contribution in [0.1, 0.15) is 52.0 Å². The summed E-state index contributed by atoms with van der Waals surface area (Å²) in [7, 11) is 0. The maximum atomic E-state index is 13.3. The van der Waals surface area contributed by atoms with Crippen LogP contribution >= 0.6 is 0 Å². The van der Waals surface area contributed by atoms with E-state index in [0.717, 1.165) is 31.1 Å². The molecule has 0 saturated carbocycles. The second-order valence-corrected chi connectivity index (χ2v) is 6.53. The monoisotopic (exact) mass is 411 g/mol. The van der Waals surface area contributed by atoms with E-state index in [0.29, 0.717) is 25.3 Å². The molecule has 0 fully saturated rings. The lowest BCUT2D eigenvalue weighted by molar-refractivity contribution is -0.139. The van der Waals surface area contributed by atoms with E-state index in [1.54, 1.807) is 4.90 Å². The smallest absolute Gasteiger partial charge is 0.423 e. The molecule has 0 bridgehead atoms. The summed E-state index contributed by atoms with van der Waals surface area (Å²) in [5, 5.41) is 0. The minimum Gasteiger partial charge on any atom is -0.494 e. The molecular weight excluding hydrogens is 383 g/mol. The van der Waals surface area contributed by atoms with Crippen LogP contribution in [0.3, 0.4) is 0 Å². The van der Waals surface area contributed by atoms with Crippen molar-refractivity contribution >= 4 is 11.6 Å². The van der Waals surface area contributed by atoms with Gasteiger partial charge in [0.25, 0.3) is 0 Å². The SMILES string of the molecule is CCCCCOc1nc(N(CC)c2cccc(OCCC)c2)ncc1C(F)(F)F. The van der Waals surface area contributed by atoms with Crippen molar-refractivity contribution in [1.82, 2.24) is 9.97 Å². The lowest BCUT2D eigenvalue weighted by Crippen LogP contribution is -2.21. The van der Waals surface area contributed by atoms with Crippen LogP contribution in [0.5, 0.6) is 11.6 Å². The molecule has 1 aromatic carbocycles. The Kier molecular flexibility index (Phi) is 8.54. The van der Waals surface area contributed by atoms with E-state index in [9.17, 15) is 13.2 Å². The number of hydrogen-bond acceptors (Lipinski definition) is 5. The predicted molar refractivity (Wildman–Crippen MR) is 107 cm³/mol. The van der Waals surface area contributed by atoms with E-state index in [-0.39, 0.29) is 12.6 Å². The van der Waals surface area contributed by atoms with Crippen molar-refractivity contribution in [3.63, 3.8) is 0 Å². The molecule has 0 aliphatic carbocycles. The molecule has 0 aliphatic rings. The molecule has 2 rings (SSSR count). The van der Waals surface area contributed by atoms with Gasteiger partial charge in [0.2, 0.25) is 11.8 Å².